The number of aliphatic hydroxyl groups excluding tert-OH is 1. The average molecular weight is 331 g/mol. The molecule has 0 bridgehead atoms. The predicted octanol–water partition coefficient (Wildman–Crippen LogP) is 3.23. The van der Waals surface area contributed by atoms with Gasteiger partial charge in [0, 0.05) is 5.56 Å². The summed E-state index contributed by atoms with van der Waals surface area (Å²) in [5.74, 6) is -1.07. The minimum Gasteiger partial charge on any atom is -0.386 e. The van der Waals surface area contributed by atoms with Crippen LogP contribution in [0.15, 0.2) is 48.5 Å². The van der Waals surface area contributed by atoms with E-state index in [4.69, 9.17) is 0 Å². The maximum Gasteiger partial charge on any atom is 0.231 e. The number of carbonyl (C=O) groups is 1. The van der Waals surface area contributed by atoms with Crippen LogP contribution in [-0.2, 0) is 10.2 Å². The summed E-state index contributed by atoms with van der Waals surface area (Å²) < 4.78 is 27.0. The van der Waals surface area contributed by atoms with Gasteiger partial charge in [0.1, 0.15) is 11.6 Å². The Bertz CT molecular complexity index is 741. The van der Waals surface area contributed by atoms with Crippen molar-refractivity contribution in [1.82, 2.24) is 5.32 Å². The van der Waals surface area contributed by atoms with Gasteiger partial charge in [0.25, 0.3) is 0 Å². The molecule has 0 aliphatic heterocycles. The molecule has 2 unspecified atom stereocenters. The van der Waals surface area contributed by atoms with E-state index in [2.05, 4.69) is 5.32 Å². The highest BCUT2D eigenvalue weighted by molar-refractivity contribution is 5.91. The van der Waals surface area contributed by atoms with E-state index in [1.54, 1.807) is 25.1 Å². The molecular weight excluding hydrogens is 312 g/mol. The summed E-state index contributed by atoms with van der Waals surface area (Å²) in [6.07, 6.45) is 0.198. The van der Waals surface area contributed by atoms with Crippen molar-refractivity contribution in [2.75, 3.05) is 0 Å². The predicted molar refractivity (Wildman–Crippen MR) is 86.3 cm³/mol. The van der Waals surface area contributed by atoms with Gasteiger partial charge in [-0.25, -0.2) is 8.78 Å². The van der Waals surface area contributed by atoms with Crippen LogP contribution < -0.4 is 5.32 Å². The van der Waals surface area contributed by atoms with Crippen molar-refractivity contribution in [3.63, 3.8) is 0 Å². The summed E-state index contributed by atoms with van der Waals surface area (Å²) in [6.45, 7) is 1.67. The van der Waals surface area contributed by atoms with E-state index in [0.717, 1.165) is 0 Å². The molecule has 0 spiro atoms. The van der Waals surface area contributed by atoms with E-state index in [9.17, 15) is 18.7 Å². The monoisotopic (exact) mass is 331 g/mol. The first-order valence-corrected chi connectivity index (χ1v) is 7.93. The van der Waals surface area contributed by atoms with Gasteiger partial charge in [-0.15, -0.1) is 0 Å². The summed E-state index contributed by atoms with van der Waals surface area (Å²) in [6, 6.07) is 11.2. The molecule has 3 rings (SSSR count). The molecule has 0 aromatic heterocycles. The van der Waals surface area contributed by atoms with Gasteiger partial charge in [0.15, 0.2) is 0 Å². The second kappa shape index (κ2) is 6.32. The first-order valence-electron chi connectivity index (χ1n) is 7.93. The van der Waals surface area contributed by atoms with E-state index >= 15 is 0 Å². The first kappa shape index (κ1) is 16.6. The second-order valence-electron chi connectivity index (χ2n) is 6.32. The van der Waals surface area contributed by atoms with Gasteiger partial charge in [-0.2, -0.15) is 0 Å². The van der Waals surface area contributed by atoms with Gasteiger partial charge in [-0.3, -0.25) is 4.79 Å². The van der Waals surface area contributed by atoms with Crippen LogP contribution in [0.5, 0.6) is 0 Å². The lowest BCUT2D eigenvalue weighted by molar-refractivity contribution is -0.125. The molecule has 24 heavy (non-hydrogen) atoms. The molecule has 2 N–H and O–H groups in total. The van der Waals surface area contributed by atoms with Gasteiger partial charge in [0.05, 0.1) is 17.6 Å². The number of benzene rings is 2. The van der Waals surface area contributed by atoms with Crippen LogP contribution in [0.2, 0.25) is 0 Å². The molecule has 2 aromatic rings. The minimum absolute atomic E-state index is 0.290. The van der Waals surface area contributed by atoms with Gasteiger partial charge in [-0.05, 0) is 43.5 Å². The fourth-order valence-electron chi connectivity index (χ4n) is 2.97. The lowest BCUT2D eigenvalue weighted by Gasteiger charge is -2.24. The zero-order chi connectivity index (χ0) is 17.3. The Morgan fingerprint density at radius 1 is 1.12 bits per heavy atom. The molecule has 1 saturated carbocycles. The molecule has 5 heteroatoms. The number of carbonyl (C=O) groups excluding carboxylic acids is 1. The molecule has 1 fully saturated rings. The largest absolute Gasteiger partial charge is 0.386 e. The van der Waals surface area contributed by atoms with E-state index in [-0.39, 0.29) is 11.7 Å². The molecule has 2 aromatic carbocycles. The number of hydrogen-bond donors (Lipinski definition) is 2. The van der Waals surface area contributed by atoms with Gasteiger partial charge >= 0.3 is 0 Å². The number of halogens is 2. The third-order valence-electron chi connectivity index (χ3n) is 4.62. The SMILES string of the molecule is CC(NC(=O)C1(c2ccccc2F)CC1)C(O)c1ccc(F)cc1. The normalized spacial score (nSPS) is 17.8. The topological polar surface area (TPSA) is 49.3 Å². The van der Waals surface area contributed by atoms with Crippen LogP contribution in [0.4, 0.5) is 8.78 Å². The van der Waals surface area contributed by atoms with E-state index in [1.807, 2.05) is 0 Å². The van der Waals surface area contributed by atoms with Crippen molar-refractivity contribution in [1.29, 1.82) is 0 Å². The summed E-state index contributed by atoms with van der Waals surface area (Å²) in [7, 11) is 0. The van der Waals surface area contributed by atoms with Gasteiger partial charge in [-0.1, -0.05) is 30.3 Å². The molecular formula is C19H19F2NO2. The maximum absolute atomic E-state index is 14.0. The Morgan fingerprint density at radius 2 is 1.75 bits per heavy atom. The Hall–Kier alpha value is -2.27. The van der Waals surface area contributed by atoms with Gasteiger partial charge < -0.3 is 10.4 Å². The smallest absolute Gasteiger partial charge is 0.231 e. The second-order valence-corrected chi connectivity index (χ2v) is 6.32. The zero-order valence-corrected chi connectivity index (χ0v) is 13.3. The Balaban J connectivity index is 1.72. The van der Waals surface area contributed by atoms with E-state index in [0.29, 0.717) is 24.0 Å². The fraction of sp³-hybridized carbons (Fsp3) is 0.316. The molecule has 3 nitrogen and oxygen atoms in total. The van der Waals surface area contributed by atoms with Crippen molar-refractivity contribution in [2.24, 2.45) is 0 Å². The standard InChI is InChI=1S/C19H19F2NO2/c1-12(17(23)13-6-8-14(20)9-7-13)22-18(24)19(10-11-19)15-4-2-3-5-16(15)21/h2-9,12,17,23H,10-11H2,1H3,(H,22,24). The Morgan fingerprint density at radius 3 is 2.33 bits per heavy atom. The highest BCUT2D eigenvalue weighted by atomic mass is 19.1. The van der Waals surface area contributed by atoms with Crippen LogP contribution in [0, 0.1) is 11.6 Å². The quantitative estimate of drug-likeness (QED) is 0.884. The lowest BCUT2D eigenvalue weighted by Crippen LogP contribution is -2.43. The van der Waals surface area contributed by atoms with Gasteiger partial charge in [0.2, 0.25) is 5.91 Å². The molecule has 1 aliphatic rings. The molecule has 126 valence electrons. The summed E-state index contributed by atoms with van der Waals surface area (Å²) in [4.78, 5) is 12.6. The minimum atomic E-state index is -0.967. The van der Waals surface area contributed by atoms with E-state index in [1.165, 1.54) is 30.3 Å². The molecule has 2 atom stereocenters. The number of rotatable bonds is 5. The molecule has 1 amide bonds. The maximum atomic E-state index is 14.0. The Labute approximate surface area is 139 Å². The van der Waals surface area contributed by atoms with Crippen molar-refractivity contribution in [3.8, 4) is 0 Å². The van der Waals surface area contributed by atoms with Crippen LogP contribution >= 0.6 is 0 Å². The third kappa shape index (κ3) is 3.04. The van der Waals surface area contributed by atoms with Crippen LogP contribution in [0.25, 0.3) is 0 Å². The molecule has 0 radical (unpaired) electrons. The number of hydrogen-bond acceptors (Lipinski definition) is 2. The fourth-order valence-corrected chi connectivity index (χ4v) is 2.97. The van der Waals surface area contributed by atoms with Crippen LogP contribution in [-0.4, -0.2) is 17.1 Å². The van der Waals surface area contributed by atoms with Crippen molar-refractivity contribution >= 4 is 5.91 Å². The summed E-state index contributed by atoms with van der Waals surface area (Å²) in [5, 5.41) is 13.1. The summed E-state index contributed by atoms with van der Waals surface area (Å²) in [5.41, 5.74) is 0.0631. The van der Waals surface area contributed by atoms with Crippen molar-refractivity contribution in [2.45, 2.75) is 37.3 Å². The van der Waals surface area contributed by atoms with E-state index < -0.39 is 23.4 Å². The third-order valence-corrected chi connectivity index (χ3v) is 4.62. The first-order chi connectivity index (χ1) is 11.4. The number of nitrogens with one attached hydrogen (secondary N) is 1. The molecule has 0 heterocycles. The zero-order valence-electron chi connectivity index (χ0n) is 13.3. The lowest BCUT2D eigenvalue weighted by atomic mass is 9.93. The Kier molecular flexibility index (Phi) is 4.37. The van der Waals surface area contributed by atoms with Crippen LogP contribution in [0.1, 0.15) is 37.0 Å². The number of aliphatic hydroxyl groups is 1. The highest BCUT2D eigenvalue weighted by Crippen LogP contribution is 2.49. The van der Waals surface area contributed by atoms with Crippen molar-refractivity contribution in [3.05, 3.63) is 71.3 Å². The van der Waals surface area contributed by atoms with Crippen LogP contribution in [0.3, 0.4) is 0 Å². The highest BCUT2D eigenvalue weighted by Gasteiger charge is 2.53. The van der Waals surface area contributed by atoms with Crippen molar-refractivity contribution < 1.29 is 18.7 Å². The molecule has 0 saturated heterocycles. The molecule has 1 aliphatic carbocycles. The summed E-state index contributed by atoms with van der Waals surface area (Å²) >= 11 is 0. The average Bonchev–Trinajstić information content (AvgIpc) is 3.37. The number of amides is 1.